The maximum absolute atomic E-state index is 12.7. The first-order valence-electron chi connectivity index (χ1n) is 9.14. The van der Waals surface area contributed by atoms with Crippen LogP contribution in [0.3, 0.4) is 0 Å². The summed E-state index contributed by atoms with van der Waals surface area (Å²) in [5, 5.41) is 31.3. The molecule has 166 valence electrons. The van der Waals surface area contributed by atoms with Crippen molar-refractivity contribution in [2.75, 3.05) is 11.5 Å². The van der Waals surface area contributed by atoms with E-state index in [-0.39, 0.29) is 16.9 Å². The number of carbonyl (C=O) groups excluding carboxylic acids is 2. The van der Waals surface area contributed by atoms with Crippen LogP contribution in [0.15, 0.2) is 39.9 Å². The van der Waals surface area contributed by atoms with Crippen LogP contribution in [0.4, 0.5) is 5.69 Å². The topological polar surface area (TPSA) is 156 Å². The van der Waals surface area contributed by atoms with Crippen LogP contribution in [0.5, 0.6) is 0 Å². The van der Waals surface area contributed by atoms with Crippen molar-refractivity contribution in [3.8, 4) is 0 Å². The molecule has 2 aromatic rings. The molecular weight excluding hydrogens is 478 g/mol. The molecule has 0 saturated carbocycles. The molecule has 3 heterocycles. The molecule has 1 aromatic carbocycles. The van der Waals surface area contributed by atoms with Crippen LogP contribution in [0.1, 0.15) is 15.4 Å². The van der Waals surface area contributed by atoms with Crippen LogP contribution >= 0.6 is 34.9 Å². The van der Waals surface area contributed by atoms with Crippen molar-refractivity contribution < 1.29 is 24.4 Å². The Labute approximate surface area is 193 Å². The molecule has 0 aliphatic carbocycles. The summed E-state index contributed by atoms with van der Waals surface area (Å²) in [6.45, 7) is 1.83. The number of nitrogens with zero attached hydrogens (tertiary/aromatic N) is 4. The van der Waals surface area contributed by atoms with E-state index in [1.807, 2.05) is 6.92 Å². The van der Waals surface area contributed by atoms with E-state index in [1.165, 1.54) is 64.0 Å². The Kier molecular flexibility index (Phi) is 6.17. The second kappa shape index (κ2) is 8.88. The van der Waals surface area contributed by atoms with E-state index >= 15 is 0 Å². The molecule has 1 saturated heterocycles. The zero-order valence-corrected chi connectivity index (χ0v) is 18.8. The van der Waals surface area contributed by atoms with E-state index in [4.69, 9.17) is 0 Å². The fourth-order valence-electron chi connectivity index (χ4n) is 3.24. The van der Waals surface area contributed by atoms with E-state index in [2.05, 4.69) is 15.5 Å². The smallest absolute Gasteiger partial charge is 0.352 e. The van der Waals surface area contributed by atoms with Gasteiger partial charge in [-0.3, -0.25) is 24.6 Å². The first kappa shape index (κ1) is 22.2. The highest BCUT2D eigenvalue weighted by molar-refractivity contribution is 8.01. The molecular formula is C18H15N5O6S3. The Balaban J connectivity index is 1.46. The van der Waals surface area contributed by atoms with E-state index < -0.39 is 34.1 Å². The Morgan fingerprint density at radius 2 is 2.06 bits per heavy atom. The maximum atomic E-state index is 12.7. The molecule has 0 spiro atoms. The van der Waals surface area contributed by atoms with Crippen molar-refractivity contribution in [1.82, 2.24) is 20.4 Å². The number of rotatable bonds is 7. The third-order valence-corrected chi connectivity index (χ3v) is 8.15. The summed E-state index contributed by atoms with van der Waals surface area (Å²) in [4.78, 5) is 48.5. The summed E-state index contributed by atoms with van der Waals surface area (Å²) in [5.74, 6) is -1.52. The standard InChI is InChI=1S/C18H15N5O6S3/c1-8-20-21-18(32-8)31-7-10-6-30-16-12(15(25)22(16)13(10)17(26)27)19-14(24)9-2-4-11(5-3-9)23(28)29/h2-5,12,16H,6-7H2,1H3,(H,19,24)(H,26,27)/t12-,16+/m1/s1. The van der Waals surface area contributed by atoms with Gasteiger partial charge in [0, 0.05) is 29.2 Å². The Morgan fingerprint density at radius 3 is 2.66 bits per heavy atom. The fourth-order valence-corrected chi connectivity index (χ4v) is 6.54. The van der Waals surface area contributed by atoms with Crippen LogP contribution in [-0.4, -0.2) is 65.8 Å². The first-order valence-corrected chi connectivity index (χ1v) is 12.0. The van der Waals surface area contributed by atoms with Crippen molar-refractivity contribution in [2.45, 2.75) is 22.7 Å². The minimum absolute atomic E-state index is 0.0617. The molecule has 2 amide bonds. The largest absolute Gasteiger partial charge is 0.477 e. The summed E-state index contributed by atoms with van der Waals surface area (Å²) in [5.41, 5.74) is 0.556. The predicted octanol–water partition coefficient (Wildman–Crippen LogP) is 1.90. The number of aliphatic carboxylic acids is 1. The van der Waals surface area contributed by atoms with Crippen LogP contribution in [0.25, 0.3) is 0 Å². The zero-order chi connectivity index (χ0) is 23.0. The van der Waals surface area contributed by atoms with Crippen LogP contribution in [-0.2, 0) is 9.59 Å². The number of non-ortho nitro benzene ring substituents is 1. The number of nitro benzene ring substituents is 1. The average Bonchev–Trinajstić information content (AvgIpc) is 3.20. The highest BCUT2D eigenvalue weighted by Gasteiger charge is 2.54. The molecule has 0 unspecified atom stereocenters. The summed E-state index contributed by atoms with van der Waals surface area (Å²) in [6, 6.07) is 4.13. The van der Waals surface area contributed by atoms with E-state index in [9.17, 15) is 29.6 Å². The second-order valence-electron chi connectivity index (χ2n) is 6.80. The molecule has 2 aliphatic rings. The molecule has 0 radical (unpaired) electrons. The van der Waals surface area contributed by atoms with Gasteiger partial charge in [-0.1, -0.05) is 23.1 Å². The third kappa shape index (κ3) is 4.20. The predicted molar refractivity (Wildman–Crippen MR) is 117 cm³/mol. The molecule has 32 heavy (non-hydrogen) atoms. The van der Waals surface area contributed by atoms with Gasteiger partial charge in [0.2, 0.25) is 0 Å². The third-order valence-electron chi connectivity index (χ3n) is 4.75. The number of fused-ring (bicyclic) bond motifs is 1. The van der Waals surface area contributed by atoms with Gasteiger partial charge in [0.1, 0.15) is 22.1 Å². The van der Waals surface area contributed by atoms with Crippen molar-refractivity contribution in [3.63, 3.8) is 0 Å². The first-order chi connectivity index (χ1) is 15.3. The number of nitrogens with one attached hydrogen (secondary N) is 1. The van der Waals surface area contributed by atoms with Gasteiger partial charge in [-0.15, -0.1) is 22.0 Å². The number of hydrogen-bond donors (Lipinski definition) is 2. The summed E-state index contributed by atoms with van der Waals surface area (Å²) >= 11 is 4.14. The lowest BCUT2D eigenvalue weighted by Gasteiger charge is -2.49. The molecule has 11 nitrogen and oxygen atoms in total. The number of benzene rings is 1. The van der Waals surface area contributed by atoms with Gasteiger partial charge in [0.15, 0.2) is 4.34 Å². The van der Waals surface area contributed by atoms with Crippen LogP contribution < -0.4 is 5.32 Å². The monoisotopic (exact) mass is 493 g/mol. The number of aryl methyl sites for hydroxylation is 1. The molecule has 2 aliphatic heterocycles. The van der Waals surface area contributed by atoms with Gasteiger partial charge in [-0.25, -0.2) is 4.79 Å². The molecule has 1 fully saturated rings. The van der Waals surface area contributed by atoms with Gasteiger partial charge in [-0.05, 0) is 24.6 Å². The van der Waals surface area contributed by atoms with Gasteiger partial charge in [0.25, 0.3) is 17.5 Å². The van der Waals surface area contributed by atoms with E-state index in [0.717, 1.165) is 9.35 Å². The number of carboxylic acid groups (broad SMARTS) is 1. The van der Waals surface area contributed by atoms with Crippen molar-refractivity contribution >= 4 is 58.3 Å². The lowest BCUT2D eigenvalue weighted by Crippen LogP contribution is -2.70. The van der Waals surface area contributed by atoms with Crippen molar-refractivity contribution in [3.05, 3.63) is 56.2 Å². The number of carbonyl (C=O) groups is 3. The quantitative estimate of drug-likeness (QED) is 0.253. The van der Waals surface area contributed by atoms with Crippen molar-refractivity contribution in [1.29, 1.82) is 0 Å². The lowest BCUT2D eigenvalue weighted by atomic mass is 10.0. The number of carboxylic acids is 1. The van der Waals surface area contributed by atoms with E-state index in [1.54, 1.807) is 0 Å². The number of amides is 2. The molecule has 1 aromatic heterocycles. The molecule has 2 atom stereocenters. The van der Waals surface area contributed by atoms with Crippen molar-refractivity contribution in [2.24, 2.45) is 0 Å². The Hall–Kier alpha value is -2.97. The average molecular weight is 494 g/mol. The molecule has 4 rings (SSSR count). The Bertz CT molecular complexity index is 1150. The normalized spacial score (nSPS) is 19.9. The molecule has 2 N–H and O–H groups in total. The lowest BCUT2D eigenvalue weighted by molar-refractivity contribution is -0.384. The van der Waals surface area contributed by atoms with Gasteiger partial charge < -0.3 is 10.4 Å². The highest BCUT2D eigenvalue weighted by atomic mass is 32.2. The number of nitro groups is 1. The fraction of sp³-hybridized carbons (Fsp3) is 0.278. The summed E-state index contributed by atoms with van der Waals surface area (Å²) in [7, 11) is 0. The second-order valence-corrected chi connectivity index (χ2v) is 10.3. The number of hydrogen-bond acceptors (Lipinski definition) is 10. The zero-order valence-electron chi connectivity index (χ0n) is 16.4. The minimum Gasteiger partial charge on any atom is -0.477 e. The van der Waals surface area contributed by atoms with Crippen LogP contribution in [0.2, 0.25) is 0 Å². The molecule has 0 bridgehead atoms. The number of thioether (sulfide) groups is 2. The van der Waals surface area contributed by atoms with Gasteiger partial charge in [0.05, 0.1) is 4.92 Å². The summed E-state index contributed by atoms with van der Waals surface area (Å²) in [6.07, 6.45) is 0. The van der Waals surface area contributed by atoms with Crippen LogP contribution in [0, 0.1) is 17.0 Å². The maximum Gasteiger partial charge on any atom is 0.352 e. The van der Waals surface area contributed by atoms with E-state index in [0.29, 0.717) is 17.1 Å². The SMILES string of the molecule is Cc1nnc(SCC2=C(C(=O)O)N3C(=O)[C@@H](NC(=O)c4ccc([N+](=O)[O-])cc4)[C@@H]3SC2)s1. The number of β-lactam (4-membered cyclic amide) rings is 1. The van der Waals surface area contributed by atoms with Gasteiger partial charge in [-0.2, -0.15) is 0 Å². The van der Waals surface area contributed by atoms with Gasteiger partial charge >= 0.3 is 5.97 Å². The Morgan fingerprint density at radius 1 is 1.34 bits per heavy atom. The summed E-state index contributed by atoms with van der Waals surface area (Å²) < 4.78 is 0.718. The highest BCUT2D eigenvalue weighted by Crippen LogP contribution is 2.41. The number of aromatic nitrogens is 2. The molecule has 14 heteroatoms. The minimum atomic E-state index is -1.20.